The van der Waals surface area contributed by atoms with Crippen molar-refractivity contribution in [3.05, 3.63) is 28.3 Å². The predicted octanol–water partition coefficient (Wildman–Crippen LogP) is 2.69. The van der Waals surface area contributed by atoms with Crippen LogP contribution >= 0.6 is 11.6 Å². The van der Waals surface area contributed by atoms with Gasteiger partial charge in [-0.3, -0.25) is 0 Å². The molecule has 0 aromatic heterocycles. The number of aliphatic hydroxyl groups excluding tert-OH is 1. The lowest BCUT2D eigenvalue weighted by atomic mass is 10.0. The molecule has 96 valence electrons. The van der Waals surface area contributed by atoms with Gasteiger partial charge in [0.1, 0.15) is 5.75 Å². The second kappa shape index (κ2) is 6.24. The lowest BCUT2D eigenvalue weighted by molar-refractivity contribution is 0.167. The third-order valence-electron chi connectivity index (χ3n) is 2.55. The van der Waals surface area contributed by atoms with Crippen molar-refractivity contribution in [2.75, 3.05) is 13.7 Å². The van der Waals surface area contributed by atoms with Crippen LogP contribution in [0.1, 0.15) is 31.1 Å². The molecule has 17 heavy (non-hydrogen) atoms. The van der Waals surface area contributed by atoms with Crippen LogP contribution in [-0.4, -0.2) is 24.8 Å². The molecule has 0 radical (unpaired) electrons. The van der Waals surface area contributed by atoms with Crippen LogP contribution in [0.3, 0.4) is 0 Å². The topological polar surface area (TPSA) is 41.5 Å². The summed E-state index contributed by atoms with van der Waals surface area (Å²) in [7, 11) is 1.60. The quantitative estimate of drug-likeness (QED) is 0.852. The highest BCUT2D eigenvalue weighted by atomic mass is 35.5. The van der Waals surface area contributed by atoms with Gasteiger partial charge in [-0.2, -0.15) is 0 Å². The van der Waals surface area contributed by atoms with E-state index in [1.165, 1.54) is 0 Å². The predicted molar refractivity (Wildman–Crippen MR) is 70.8 cm³/mol. The van der Waals surface area contributed by atoms with Crippen molar-refractivity contribution < 1.29 is 9.84 Å². The smallest absolute Gasteiger partial charge is 0.127 e. The number of ether oxygens (including phenoxy) is 1. The molecule has 0 aliphatic rings. The fraction of sp³-hybridized carbons (Fsp3) is 0.538. The monoisotopic (exact) mass is 257 g/mol. The van der Waals surface area contributed by atoms with Crippen molar-refractivity contribution in [2.45, 2.75) is 32.9 Å². The molecule has 0 saturated heterocycles. The third-order valence-corrected chi connectivity index (χ3v) is 2.77. The summed E-state index contributed by atoms with van der Waals surface area (Å²) < 4.78 is 5.31. The number of benzene rings is 1. The van der Waals surface area contributed by atoms with Crippen LogP contribution in [0.2, 0.25) is 5.02 Å². The van der Waals surface area contributed by atoms with Crippen molar-refractivity contribution in [1.82, 2.24) is 5.32 Å². The highest BCUT2D eigenvalue weighted by molar-refractivity contribution is 6.30. The average Bonchev–Trinajstić information content (AvgIpc) is 2.24. The summed E-state index contributed by atoms with van der Waals surface area (Å²) in [6, 6.07) is 3.91. The molecule has 0 fully saturated rings. The van der Waals surface area contributed by atoms with Crippen LogP contribution < -0.4 is 10.1 Å². The molecular formula is C13H20ClNO2. The highest BCUT2D eigenvalue weighted by Gasteiger charge is 2.16. The molecule has 4 heteroatoms. The minimum Gasteiger partial charge on any atom is -0.496 e. The Kier molecular flexibility index (Phi) is 5.25. The molecule has 0 heterocycles. The Balaban J connectivity index is 2.95. The first-order valence-electron chi connectivity index (χ1n) is 5.71. The van der Waals surface area contributed by atoms with Crippen LogP contribution in [0.4, 0.5) is 0 Å². The summed E-state index contributed by atoms with van der Waals surface area (Å²) in [5, 5.41) is 13.9. The maximum atomic E-state index is 10.1. The Labute approximate surface area is 108 Å². The van der Waals surface area contributed by atoms with Crippen LogP contribution in [0, 0.1) is 6.92 Å². The van der Waals surface area contributed by atoms with Gasteiger partial charge in [0.25, 0.3) is 0 Å². The fourth-order valence-electron chi connectivity index (χ4n) is 1.74. The maximum Gasteiger partial charge on any atom is 0.127 e. The first-order valence-corrected chi connectivity index (χ1v) is 6.09. The van der Waals surface area contributed by atoms with E-state index >= 15 is 0 Å². The van der Waals surface area contributed by atoms with E-state index in [0.717, 1.165) is 11.1 Å². The maximum absolute atomic E-state index is 10.1. The van der Waals surface area contributed by atoms with Crippen molar-refractivity contribution >= 4 is 11.6 Å². The second-order valence-electron chi connectivity index (χ2n) is 4.42. The zero-order valence-electron chi connectivity index (χ0n) is 10.7. The van der Waals surface area contributed by atoms with E-state index in [2.05, 4.69) is 5.32 Å². The summed E-state index contributed by atoms with van der Waals surface area (Å²) in [6.45, 7) is 6.46. The van der Waals surface area contributed by atoms with E-state index in [0.29, 0.717) is 23.4 Å². The van der Waals surface area contributed by atoms with Crippen molar-refractivity contribution in [3.8, 4) is 5.75 Å². The minimum atomic E-state index is -0.621. The van der Waals surface area contributed by atoms with Gasteiger partial charge in [0, 0.05) is 23.2 Å². The van der Waals surface area contributed by atoms with Gasteiger partial charge < -0.3 is 15.2 Å². The summed E-state index contributed by atoms with van der Waals surface area (Å²) in [5.74, 6) is 0.701. The minimum absolute atomic E-state index is 0.330. The summed E-state index contributed by atoms with van der Waals surface area (Å²) >= 11 is 6.00. The van der Waals surface area contributed by atoms with Crippen LogP contribution in [0.5, 0.6) is 5.75 Å². The van der Waals surface area contributed by atoms with E-state index in [9.17, 15) is 5.11 Å². The molecule has 0 amide bonds. The molecule has 1 aromatic rings. The molecule has 2 N–H and O–H groups in total. The Morgan fingerprint density at radius 3 is 2.59 bits per heavy atom. The van der Waals surface area contributed by atoms with Gasteiger partial charge in [0.05, 0.1) is 13.2 Å². The van der Waals surface area contributed by atoms with Crippen LogP contribution in [0.25, 0.3) is 0 Å². The summed E-state index contributed by atoms with van der Waals surface area (Å²) in [4.78, 5) is 0. The van der Waals surface area contributed by atoms with E-state index in [-0.39, 0.29) is 0 Å². The fourth-order valence-corrected chi connectivity index (χ4v) is 2.02. The standard InChI is InChI=1S/C13H20ClNO2/c1-8(2)15-7-12(16)11-6-10(14)5-9(3)13(11)17-4/h5-6,8,12,15-16H,7H2,1-4H3. The van der Waals surface area contributed by atoms with Crippen molar-refractivity contribution in [1.29, 1.82) is 0 Å². The Morgan fingerprint density at radius 1 is 1.41 bits per heavy atom. The third kappa shape index (κ3) is 3.87. The molecule has 1 atom stereocenters. The number of rotatable bonds is 5. The van der Waals surface area contributed by atoms with Gasteiger partial charge >= 0.3 is 0 Å². The van der Waals surface area contributed by atoms with Crippen molar-refractivity contribution in [2.24, 2.45) is 0 Å². The van der Waals surface area contributed by atoms with E-state index in [1.54, 1.807) is 13.2 Å². The van der Waals surface area contributed by atoms with E-state index in [1.807, 2.05) is 26.8 Å². The second-order valence-corrected chi connectivity index (χ2v) is 4.86. The van der Waals surface area contributed by atoms with Gasteiger partial charge in [-0.05, 0) is 24.6 Å². The molecule has 0 saturated carbocycles. The molecule has 0 spiro atoms. The zero-order chi connectivity index (χ0) is 13.0. The molecule has 1 aromatic carbocycles. The molecule has 0 bridgehead atoms. The molecule has 1 unspecified atom stereocenters. The van der Waals surface area contributed by atoms with Gasteiger partial charge in [0.2, 0.25) is 0 Å². The SMILES string of the molecule is COc1c(C)cc(Cl)cc1C(O)CNC(C)C. The number of nitrogens with one attached hydrogen (secondary N) is 1. The van der Waals surface area contributed by atoms with E-state index < -0.39 is 6.10 Å². The van der Waals surface area contributed by atoms with Crippen LogP contribution in [0.15, 0.2) is 12.1 Å². The molecule has 1 rings (SSSR count). The number of aliphatic hydroxyl groups is 1. The first kappa shape index (κ1) is 14.3. The highest BCUT2D eigenvalue weighted by Crippen LogP contribution is 2.31. The number of hydrogen-bond donors (Lipinski definition) is 2. The Morgan fingerprint density at radius 2 is 2.06 bits per heavy atom. The first-order chi connectivity index (χ1) is 7.95. The summed E-state index contributed by atoms with van der Waals surface area (Å²) in [5.41, 5.74) is 1.66. The van der Waals surface area contributed by atoms with Gasteiger partial charge in [-0.15, -0.1) is 0 Å². The molecule has 0 aliphatic heterocycles. The normalized spacial score (nSPS) is 12.9. The molecule has 0 aliphatic carbocycles. The summed E-state index contributed by atoms with van der Waals surface area (Å²) in [6.07, 6.45) is -0.621. The largest absolute Gasteiger partial charge is 0.496 e. The Hall–Kier alpha value is -0.770. The lowest BCUT2D eigenvalue weighted by Crippen LogP contribution is -2.28. The van der Waals surface area contributed by atoms with Crippen LogP contribution in [-0.2, 0) is 0 Å². The van der Waals surface area contributed by atoms with Crippen molar-refractivity contribution in [3.63, 3.8) is 0 Å². The van der Waals surface area contributed by atoms with Gasteiger partial charge in [-0.1, -0.05) is 25.4 Å². The number of hydrogen-bond acceptors (Lipinski definition) is 3. The van der Waals surface area contributed by atoms with Gasteiger partial charge in [0.15, 0.2) is 0 Å². The number of methoxy groups -OCH3 is 1. The molecule has 3 nitrogen and oxygen atoms in total. The Bertz CT molecular complexity index is 380. The zero-order valence-corrected chi connectivity index (χ0v) is 11.5. The lowest BCUT2D eigenvalue weighted by Gasteiger charge is -2.18. The average molecular weight is 258 g/mol. The molecular weight excluding hydrogens is 238 g/mol. The van der Waals surface area contributed by atoms with Gasteiger partial charge in [-0.25, -0.2) is 0 Å². The number of aryl methyl sites for hydroxylation is 1. The number of halogens is 1. The van der Waals surface area contributed by atoms with E-state index in [4.69, 9.17) is 16.3 Å².